The third kappa shape index (κ3) is 4.59. The van der Waals surface area contributed by atoms with E-state index in [9.17, 15) is 22.4 Å². The summed E-state index contributed by atoms with van der Waals surface area (Å²) in [7, 11) is -4.06. The summed E-state index contributed by atoms with van der Waals surface area (Å²) >= 11 is 0. The predicted molar refractivity (Wildman–Crippen MR) is 68.1 cm³/mol. The Balaban J connectivity index is 2.66. The topological polar surface area (TPSA) is 104 Å². The van der Waals surface area contributed by atoms with E-state index in [4.69, 9.17) is 0 Å². The van der Waals surface area contributed by atoms with Crippen LogP contribution in [0.1, 0.15) is 13.8 Å². The lowest BCUT2D eigenvalue weighted by Gasteiger charge is -2.10. The maximum atomic E-state index is 12.7. The van der Waals surface area contributed by atoms with Crippen molar-refractivity contribution in [3.05, 3.63) is 30.1 Å². The summed E-state index contributed by atoms with van der Waals surface area (Å²) in [5.74, 6) is -2.71. The Hall–Kier alpha value is -2.00. The molecule has 1 rings (SSSR count). The van der Waals surface area contributed by atoms with Crippen LogP contribution in [-0.4, -0.2) is 26.3 Å². The zero-order valence-electron chi connectivity index (χ0n) is 10.8. The number of rotatable bonds is 4. The van der Waals surface area contributed by atoms with Gasteiger partial charge in [0, 0.05) is 6.04 Å². The third-order valence-electron chi connectivity index (χ3n) is 2.05. The Kier molecular flexibility index (Phi) is 5.17. The normalized spacial score (nSPS) is 11.2. The van der Waals surface area contributed by atoms with Gasteiger partial charge in [-0.15, -0.1) is 4.83 Å². The van der Waals surface area contributed by atoms with Crippen molar-refractivity contribution in [2.45, 2.75) is 24.8 Å². The number of halogens is 1. The summed E-state index contributed by atoms with van der Waals surface area (Å²) < 4.78 is 36.1. The first-order chi connectivity index (χ1) is 9.22. The quantitative estimate of drug-likeness (QED) is 0.523. The molecule has 0 aromatic heterocycles. The van der Waals surface area contributed by atoms with E-state index in [0.29, 0.717) is 0 Å². The van der Waals surface area contributed by atoms with Gasteiger partial charge in [-0.2, -0.15) is 0 Å². The second-order valence-electron chi connectivity index (χ2n) is 4.14. The van der Waals surface area contributed by atoms with Crippen molar-refractivity contribution in [1.29, 1.82) is 0 Å². The number of carbonyl (C=O) groups excluding carboxylic acids is 2. The Bertz CT molecular complexity index is 599. The van der Waals surface area contributed by atoms with Crippen LogP contribution in [0.5, 0.6) is 0 Å². The van der Waals surface area contributed by atoms with Gasteiger partial charge in [-0.05, 0) is 38.1 Å². The van der Waals surface area contributed by atoms with Crippen molar-refractivity contribution in [1.82, 2.24) is 15.6 Å². The molecule has 110 valence electrons. The van der Waals surface area contributed by atoms with Gasteiger partial charge in [0.1, 0.15) is 5.82 Å². The number of sulfonamides is 1. The van der Waals surface area contributed by atoms with E-state index < -0.39 is 27.7 Å². The summed E-state index contributed by atoms with van der Waals surface area (Å²) in [6.07, 6.45) is 0. The van der Waals surface area contributed by atoms with Crippen LogP contribution in [0.15, 0.2) is 29.2 Å². The van der Waals surface area contributed by atoms with Gasteiger partial charge in [0.25, 0.3) is 10.0 Å². The van der Waals surface area contributed by atoms with Gasteiger partial charge in [0.05, 0.1) is 4.90 Å². The molecule has 1 aromatic rings. The lowest BCUT2D eigenvalue weighted by molar-refractivity contribution is -0.139. The van der Waals surface area contributed by atoms with Crippen molar-refractivity contribution in [2.24, 2.45) is 0 Å². The number of carbonyl (C=O) groups is 2. The van der Waals surface area contributed by atoms with Crippen LogP contribution in [0.25, 0.3) is 0 Å². The van der Waals surface area contributed by atoms with Crippen molar-refractivity contribution < 1.29 is 22.4 Å². The molecule has 0 radical (unpaired) electrons. The van der Waals surface area contributed by atoms with Gasteiger partial charge in [-0.25, -0.2) is 12.8 Å². The monoisotopic (exact) mass is 303 g/mol. The smallest absolute Gasteiger partial charge is 0.324 e. The third-order valence-corrected chi connectivity index (χ3v) is 3.31. The largest absolute Gasteiger partial charge is 0.346 e. The molecular formula is C11H14FN3O4S. The average molecular weight is 303 g/mol. The van der Waals surface area contributed by atoms with E-state index in [1.54, 1.807) is 24.1 Å². The molecule has 0 fully saturated rings. The minimum Gasteiger partial charge on any atom is -0.346 e. The van der Waals surface area contributed by atoms with E-state index in [0.717, 1.165) is 24.3 Å². The highest BCUT2D eigenvalue weighted by atomic mass is 32.2. The number of hydrazine groups is 1. The Morgan fingerprint density at radius 3 is 2.15 bits per heavy atom. The summed E-state index contributed by atoms with van der Waals surface area (Å²) in [6, 6.07) is 3.71. The number of hydrogen-bond donors (Lipinski definition) is 3. The van der Waals surface area contributed by atoms with Crippen LogP contribution >= 0.6 is 0 Å². The van der Waals surface area contributed by atoms with Gasteiger partial charge in [0.15, 0.2) is 0 Å². The Labute approximate surface area is 115 Å². The maximum absolute atomic E-state index is 12.7. The number of hydrogen-bond acceptors (Lipinski definition) is 4. The zero-order valence-corrected chi connectivity index (χ0v) is 11.6. The fourth-order valence-corrected chi connectivity index (χ4v) is 2.01. The van der Waals surface area contributed by atoms with Crippen LogP contribution in [0, 0.1) is 5.82 Å². The van der Waals surface area contributed by atoms with Crippen LogP contribution in [0.4, 0.5) is 4.39 Å². The number of benzene rings is 1. The average Bonchev–Trinajstić information content (AvgIpc) is 2.35. The Morgan fingerprint density at radius 1 is 1.10 bits per heavy atom. The molecule has 2 amide bonds. The molecule has 0 heterocycles. The maximum Gasteiger partial charge on any atom is 0.324 e. The first-order valence-electron chi connectivity index (χ1n) is 5.60. The van der Waals surface area contributed by atoms with Crippen molar-refractivity contribution in [3.63, 3.8) is 0 Å². The first-order valence-corrected chi connectivity index (χ1v) is 7.09. The van der Waals surface area contributed by atoms with Crippen LogP contribution in [-0.2, 0) is 19.6 Å². The highest BCUT2D eigenvalue weighted by Crippen LogP contribution is 2.08. The molecule has 0 aliphatic rings. The summed E-state index contributed by atoms with van der Waals surface area (Å²) in [4.78, 5) is 24.0. The summed E-state index contributed by atoms with van der Waals surface area (Å²) in [6.45, 7) is 3.29. The highest BCUT2D eigenvalue weighted by molar-refractivity contribution is 7.89. The van der Waals surface area contributed by atoms with Gasteiger partial charge < -0.3 is 5.32 Å². The standard InChI is InChI=1S/C11H14FN3O4S/c1-7(2)13-10(16)11(17)14-15-20(18,19)9-5-3-8(12)4-6-9/h3-7,15H,1-2H3,(H,13,16)(H,14,17). The van der Waals surface area contributed by atoms with E-state index >= 15 is 0 Å². The van der Waals surface area contributed by atoms with Gasteiger partial charge >= 0.3 is 11.8 Å². The van der Waals surface area contributed by atoms with E-state index in [1.807, 2.05) is 0 Å². The molecule has 0 bridgehead atoms. The zero-order chi connectivity index (χ0) is 15.3. The molecular weight excluding hydrogens is 289 g/mol. The summed E-state index contributed by atoms with van der Waals surface area (Å²) in [5.41, 5.74) is 1.76. The number of nitrogens with one attached hydrogen (secondary N) is 3. The van der Waals surface area contributed by atoms with Gasteiger partial charge in [-0.1, -0.05) is 0 Å². The highest BCUT2D eigenvalue weighted by Gasteiger charge is 2.19. The number of amides is 2. The molecule has 0 spiro atoms. The van der Waals surface area contributed by atoms with E-state index in [1.165, 1.54) is 0 Å². The van der Waals surface area contributed by atoms with Gasteiger partial charge in [0.2, 0.25) is 0 Å². The molecule has 0 saturated carbocycles. The second kappa shape index (κ2) is 6.44. The molecule has 0 aliphatic heterocycles. The Morgan fingerprint density at radius 2 is 1.65 bits per heavy atom. The molecule has 0 aliphatic carbocycles. The molecule has 9 heteroatoms. The first kappa shape index (κ1) is 16.1. The predicted octanol–water partition coefficient (Wildman–Crippen LogP) is -0.340. The minimum absolute atomic E-state index is 0.247. The van der Waals surface area contributed by atoms with Crippen LogP contribution in [0.3, 0.4) is 0 Å². The fourth-order valence-electron chi connectivity index (χ4n) is 1.17. The summed E-state index contributed by atoms with van der Waals surface area (Å²) in [5, 5.41) is 2.29. The van der Waals surface area contributed by atoms with E-state index in [-0.39, 0.29) is 10.9 Å². The van der Waals surface area contributed by atoms with Crippen molar-refractivity contribution in [2.75, 3.05) is 0 Å². The van der Waals surface area contributed by atoms with Crippen molar-refractivity contribution in [3.8, 4) is 0 Å². The molecule has 7 nitrogen and oxygen atoms in total. The second-order valence-corrected chi connectivity index (χ2v) is 5.82. The molecule has 0 saturated heterocycles. The van der Waals surface area contributed by atoms with Crippen LogP contribution < -0.4 is 15.6 Å². The molecule has 1 aromatic carbocycles. The van der Waals surface area contributed by atoms with Crippen LogP contribution in [0.2, 0.25) is 0 Å². The van der Waals surface area contributed by atoms with Crippen molar-refractivity contribution >= 4 is 21.8 Å². The lowest BCUT2D eigenvalue weighted by atomic mass is 10.4. The molecule has 0 atom stereocenters. The fraction of sp³-hybridized carbons (Fsp3) is 0.273. The molecule has 20 heavy (non-hydrogen) atoms. The molecule has 3 N–H and O–H groups in total. The minimum atomic E-state index is -4.06. The lowest BCUT2D eigenvalue weighted by Crippen LogP contribution is -2.49. The SMILES string of the molecule is CC(C)NC(=O)C(=O)NNS(=O)(=O)c1ccc(F)cc1. The molecule has 0 unspecified atom stereocenters. The van der Waals surface area contributed by atoms with Gasteiger partial charge in [-0.3, -0.25) is 15.0 Å². The van der Waals surface area contributed by atoms with E-state index in [2.05, 4.69) is 5.32 Å².